The first-order chi connectivity index (χ1) is 8.22. The van der Waals surface area contributed by atoms with E-state index in [0.29, 0.717) is 17.5 Å². The predicted octanol–water partition coefficient (Wildman–Crippen LogP) is 1.95. The minimum atomic E-state index is -3.55. The van der Waals surface area contributed by atoms with Gasteiger partial charge in [0.05, 0.1) is 11.5 Å². The van der Waals surface area contributed by atoms with Gasteiger partial charge in [-0.2, -0.15) is 0 Å². The Balaban J connectivity index is 3.20. The van der Waals surface area contributed by atoms with Crippen molar-refractivity contribution >= 4 is 10.0 Å². The Morgan fingerprint density at radius 2 is 1.94 bits per heavy atom. The third kappa shape index (κ3) is 3.54. The molecule has 0 saturated carbocycles. The molecule has 0 aliphatic heterocycles. The second-order valence-electron chi connectivity index (χ2n) is 5.10. The lowest BCUT2D eigenvalue weighted by molar-refractivity contribution is 0.281. The lowest BCUT2D eigenvalue weighted by Crippen LogP contribution is -2.42. The molecule has 0 bridgehead atoms. The highest BCUT2D eigenvalue weighted by Gasteiger charge is 2.25. The molecule has 0 atom stereocenters. The summed E-state index contributed by atoms with van der Waals surface area (Å²) in [4.78, 5) is 0.232. The monoisotopic (exact) mass is 271 g/mol. The zero-order valence-corrected chi connectivity index (χ0v) is 12.1. The standard InChI is InChI=1S/C13H21NO3S/c1-5-13(3,4)14-18(16,17)12-8-11(9-15)7-6-10(12)2/h6-8,14-15H,5,9H2,1-4H3. The quantitative estimate of drug-likeness (QED) is 0.860. The van der Waals surface area contributed by atoms with Gasteiger partial charge in [0.1, 0.15) is 0 Å². The van der Waals surface area contributed by atoms with Gasteiger partial charge in [0.2, 0.25) is 10.0 Å². The number of nitrogens with one attached hydrogen (secondary N) is 1. The fourth-order valence-corrected chi connectivity index (χ4v) is 3.30. The third-order valence-corrected chi connectivity index (χ3v) is 4.86. The Bertz CT molecular complexity index is 521. The lowest BCUT2D eigenvalue weighted by atomic mass is 10.0. The van der Waals surface area contributed by atoms with E-state index in [2.05, 4.69) is 4.72 Å². The number of hydrogen-bond donors (Lipinski definition) is 2. The van der Waals surface area contributed by atoms with Crippen LogP contribution < -0.4 is 4.72 Å². The summed E-state index contributed by atoms with van der Waals surface area (Å²) < 4.78 is 27.3. The van der Waals surface area contributed by atoms with Gasteiger partial charge in [0.25, 0.3) is 0 Å². The number of aryl methyl sites for hydroxylation is 1. The van der Waals surface area contributed by atoms with E-state index in [1.807, 2.05) is 20.8 Å². The third-order valence-electron chi connectivity index (χ3n) is 3.02. The van der Waals surface area contributed by atoms with Crippen LogP contribution in [0.15, 0.2) is 23.1 Å². The molecule has 0 aliphatic rings. The second-order valence-corrected chi connectivity index (χ2v) is 6.75. The van der Waals surface area contributed by atoms with E-state index < -0.39 is 15.6 Å². The van der Waals surface area contributed by atoms with Crippen molar-refractivity contribution < 1.29 is 13.5 Å². The van der Waals surface area contributed by atoms with E-state index in [4.69, 9.17) is 5.11 Å². The molecule has 0 aromatic heterocycles. The largest absolute Gasteiger partial charge is 0.392 e. The average molecular weight is 271 g/mol. The van der Waals surface area contributed by atoms with Gasteiger partial charge in [-0.05, 0) is 44.4 Å². The van der Waals surface area contributed by atoms with Crippen molar-refractivity contribution in [3.63, 3.8) is 0 Å². The predicted molar refractivity (Wildman–Crippen MR) is 71.8 cm³/mol. The first-order valence-corrected chi connectivity index (χ1v) is 7.44. The summed E-state index contributed by atoms with van der Waals surface area (Å²) in [5.41, 5.74) is 0.780. The number of sulfonamides is 1. The Morgan fingerprint density at radius 3 is 2.44 bits per heavy atom. The maximum atomic E-state index is 12.3. The van der Waals surface area contributed by atoms with Crippen molar-refractivity contribution in [2.75, 3.05) is 0 Å². The number of rotatable bonds is 5. The number of aliphatic hydroxyl groups is 1. The summed E-state index contributed by atoms with van der Waals surface area (Å²) in [5, 5.41) is 9.08. The molecule has 0 unspecified atom stereocenters. The average Bonchev–Trinajstić information content (AvgIpc) is 2.28. The van der Waals surface area contributed by atoms with Crippen LogP contribution >= 0.6 is 0 Å². The van der Waals surface area contributed by atoms with Crippen molar-refractivity contribution in [3.05, 3.63) is 29.3 Å². The zero-order valence-electron chi connectivity index (χ0n) is 11.3. The highest BCUT2D eigenvalue weighted by atomic mass is 32.2. The summed E-state index contributed by atoms with van der Waals surface area (Å²) in [5.74, 6) is 0. The first kappa shape index (κ1) is 15.1. The van der Waals surface area contributed by atoms with Gasteiger partial charge in [-0.1, -0.05) is 19.1 Å². The van der Waals surface area contributed by atoms with E-state index in [1.54, 1.807) is 19.1 Å². The van der Waals surface area contributed by atoms with E-state index in [0.717, 1.165) is 0 Å². The Kier molecular flexibility index (Phi) is 4.53. The molecule has 5 heteroatoms. The van der Waals surface area contributed by atoms with Crippen molar-refractivity contribution in [2.24, 2.45) is 0 Å². The number of hydrogen-bond acceptors (Lipinski definition) is 3. The maximum Gasteiger partial charge on any atom is 0.241 e. The summed E-state index contributed by atoms with van der Waals surface area (Å²) in [6.45, 7) is 7.19. The van der Waals surface area contributed by atoms with Gasteiger partial charge >= 0.3 is 0 Å². The van der Waals surface area contributed by atoms with Gasteiger partial charge in [0, 0.05) is 5.54 Å². The van der Waals surface area contributed by atoms with Crippen LogP contribution in [0.5, 0.6) is 0 Å². The molecule has 0 spiro atoms. The molecule has 18 heavy (non-hydrogen) atoms. The van der Waals surface area contributed by atoms with Gasteiger partial charge in [-0.25, -0.2) is 13.1 Å². The molecule has 0 radical (unpaired) electrons. The van der Waals surface area contributed by atoms with Gasteiger partial charge in [0.15, 0.2) is 0 Å². The van der Waals surface area contributed by atoms with Crippen LogP contribution in [0.25, 0.3) is 0 Å². The van der Waals surface area contributed by atoms with E-state index >= 15 is 0 Å². The Morgan fingerprint density at radius 1 is 1.33 bits per heavy atom. The first-order valence-electron chi connectivity index (χ1n) is 5.96. The zero-order chi connectivity index (χ0) is 14.0. The van der Waals surface area contributed by atoms with Gasteiger partial charge in [-0.3, -0.25) is 0 Å². The van der Waals surface area contributed by atoms with Crippen molar-refractivity contribution in [1.82, 2.24) is 4.72 Å². The Labute approximate surface area is 109 Å². The highest BCUT2D eigenvalue weighted by molar-refractivity contribution is 7.89. The van der Waals surface area contributed by atoms with Crippen LogP contribution in [-0.2, 0) is 16.6 Å². The van der Waals surface area contributed by atoms with Crippen LogP contribution in [0, 0.1) is 6.92 Å². The maximum absolute atomic E-state index is 12.3. The molecule has 2 N–H and O–H groups in total. The van der Waals surface area contributed by atoms with Crippen LogP contribution in [0.4, 0.5) is 0 Å². The molecular formula is C13H21NO3S. The van der Waals surface area contributed by atoms with Crippen molar-refractivity contribution in [2.45, 2.75) is 51.2 Å². The summed E-state index contributed by atoms with van der Waals surface area (Å²) in [6, 6.07) is 4.95. The van der Waals surface area contributed by atoms with Crippen molar-refractivity contribution in [1.29, 1.82) is 0 Å². The topological polar surface area (TPSA) is 66.4 Å². The summed E-state index contributed by atoms with van der Waals surface area (Å²) in [6.07, 6.45) is 0.699. The van der Waals surface area contributed by atoms with Crippen LogP contribution in [0.2, 0.25) is 0 Å². The molecule has 1 aromatic carbocycles. The van der Waals surface area contributed by atoms with E-state index in [9.17, 15) is 8.42 Å². The van der Waals surface area contributed by atoms with E-state index in [1.165, 1.54) is 6.07 Å². The normalized spacial score (nSPS) is 12.7. The molecule has 0 saturated heterocycles. The van der Waals surface area contributed by atoms with Crippen LogP contribution in [0.1, 0.15) is 38.3 Å². The minimum absolute atomic E-state index is 0.167. The molecule has 102 valence electrons. The van der Waals surface area contributed by atoms with Crippen LogP contribution in [0.3, 0.4) is 0 Å². The minimum Gasteiger partial charge on any atom is -0.392 e. The smallest absolute Gasteiger partial charge is 0.241 e. The van der Waals surface area contributed by atoms with Gasteiger partial charge < -0.3 is 5.11 Å². The SMILES string of the molecule is CCC(C)(C)NS(=O)(=O)c1cc(CO)ccc1C. The molecule has 0 aliphatic carbocycles. The molecule has 1 aromatic rings. The summed E-state index contributed by atoms with van der Waals surface area (Å²) >= 11 is 0. The van der Waals surface area contributed by atoms with E-state index in [-0.39, 0.29) is 11.5 Å². The highest BCUT2D eigenvalue weighted by Crippen LogP contribution is 2.20. The molecule has 4 nitrogen and oxygen atoms in total. The number of aliphatic hydroxyl groups excluding tert-OH is 1. The Hall–Kier alpha value is -0.910. The molecule has 0 heterocycles. The summed E-state index contributed by atoms with van der Waals surface area (Å²) in [7, 11) is -3.55. The lowest BCUT2D eigenvalue weighted by Gasteiger charge is -2.24. The van der Waals surface area contributed by atoms with Crippen molar-refractivity contribution in [3.8, 4) is 0 Å². The fraction of sp³-hybridized carbons (Fsp3) is 0.538. The van der Waals surface area contributed by atoms with Gasteiger partial charge in [-0.15, -0.1) is 0 Å². The molecule has 0 amide bonds. The molecule has 0 fully saturated rings. The fourth-order valence-electron chi connectivity index (χ4n) is 1.52. The van der Waals surface area contributed by atoms with Crippen LogP contribution in [-0.4, -0.2) is 19.1 Å². The number of benzene rings is 1. The second kappa shape index (κ2) is 5.38. The molecule has 1 rings (SSSR count). The molecular weight excluding hydrogens is 250 g/mol.